The fourth-order valence-corrected chi connectivity index (χ4v) is 4.17. The maximum atomic E-state index is 12.3. The van der Waals surface area contributed by atoms with Crippen LogP contribution in [0.3, 0.4) is 0 Å². The van der Waals surface area contributed by atoms with Gasteiger partial charge in [0.1, 0.15) is 5.69 Å². The number of hydrogen-bond donors (Lipinski definition) is 0. The summed E-state index contributed by atoms with van der Waals surface area (Å²) in [5.74, 6) is 0.288. The molecule has 0 atom stereocenters. The van der Waals surface area contributed by atoms with Gasteiger partial charge in [0.2, 0.25) is 0 Å². The summed E-state index contributed by atoms with van der Waals surface area (Å²) in [4.78, 5) is 17.1. The van der Waals surface area contributed by atoms with Gasteiger partial charge < -0.3 is 0 Å². The molecule has 0 unspecified atom stereocenters. The summed E-state index contributed by atoms with van der Waals surface area (Å²) in [7, 11) is 0. The lowest BCUT2D eigenvalue weighted by Crippen LogP contribution is -2.21. The summed E-state index contributed by atoms with van der Waals surface area (Å²) >= 11 is 0. The van der Waals surface area contributed by atoms with Crippen molar-refractivity contribution in [3.05, 3.63) is 28.1 Å². The molecule has 2 heteroatoms. The maximum absolute atomic E-state index is 12.3. The third-order valence-corrected chi connectivity index (χ3v) is 5.40. The number of aromatic nitrogens is 1. The van der Waals surface area contributed by atoms with Gasteiger partial charge in [0.25, 0.3) is 0 Å². The highest BCUT2D eigenvalue weighted by Gasteiger charge is 2.26. The van der Waals surface area contributed by atoms with Crippen molar-refractivity contribution in [3.63, 3.8) is 0 Å². The van der Waals surface area contributed by atoms with Crippen LogP contribution in [-0.2, 0) is 25.7 Å². The highest BCUT2D eigenvalue weighted by Crippen LogP contribution is 2.33. The van der Waals surface area contributed by atoms with Crippen LogP contribution in [0.15, 0.2) is 0 Å². The molecule has 1 heterocycles. The van der Waals surface area contributed by atoms with Gasteiger partial charge in [0.15, 0.2) is 5.78 Å². The summed E-state index contributed by atoms with van der Waals surface area (Å²) in [5.41, 5.74) is 6.86. The number of unbranched alkanes of at least 4 members (excludes halogenated alkanes) is 1. The second-order valence-electron chi connectivity index (χ2n) is 8.59. The monoisotopic (exact) mass is 313 g/mol. The van der Waals surface area contributed by atoms with Gasteiger partial charge in [-0.3, -0.25) is 4.79 Å². The van der Waals surface area contributed by atoms with E-state index in [9.17, 15) is 4.79 Å². The van der Waals surface area contributed by atoms with Crippen molar-refractivity contribution in [2.75, 3.05) is 0 Å². The molecule has 0 saturated carbocycles. The van der Waals surface area contributed by atoms with Crippen LogP contribution >= 0.6 is 0 Å². The van der Waals surface area contributed by atoms with Gasteiger partial charge in [-0.05, 0) is 79.9 Å². The van der Waals surface area contributed by atoms with Crippen molar-refractivity contribution in [2.45, 2.75) is 91.4 Å². The fraction of sp³-hybridized carbons (Fsp3) is 0.714. The van der Waals surface area contributed by atoms with Crippen molar-refractivity contribution >= 4 is 5.78 Å². The first-order chi connectivity index (χ1) is 11.0. The van der Waals surface area contributed by atoms with Gasteiger partial charge in [-0.2, -0.15) is 0 Å². The van der Waals surface area contributed by atoms with E-state index >= 15 is 0 Å². The van der Waals surface area contributed by atoms with Crippen LogP contribution in [0.5, 0.6) is 0 Å². The van der Waals surface area contributed by atoms with Crippen LogP contribution in [0.1, 0.15) is 98.6 Å². The van der Waals surface area contributed by atoms with E-state index in [-0.39, 0.29) is 5.78 Å². The lowest BCUT2D eigenvalue weighted by atomic mass is 9.81. The Morgan fingerprint density at radius 3 is 2.43 bits per heavy atom. The number of pyridine rings is 1. The van der Waals surface area contributed by atoms with E-state index in [4.69, 9.17) is 4.98 Å². The summed E-state index contributed by atoms with van der Waals surface area (Å²) in [6.07, 6.45) is 12.5. The Bertz CT molecular complexity index is 595. The first-order valence-electron chi connectivity index (χ1n) is 9.52. The minimum atomic E-state index is 0.288. The summed E-state index contributed by atoms with van der Waals surface area (Å²) < 4.78 is 0. The van der Waals surface area contributed by atoms with Gasteiger partial charge in [-0.15, -0.1) is 0 Å². The molecule has 0 aliphatic heterocycles. The second-order valence-corrected chi connectivity index (χ2v) is 8.59. The molecule has 23 heavy (non-hydrogen) atoms. The van der Waals surface area contributed by atoms with Crippen molar-refractivity contribution in [1.82, 2.24) is 4.98 Å². The third-order valence-electron chi connectivity index (χ3n) is 5.40. The molecule has 126 valence electrons. The first kappa shape index (κ1) is 16.7. The molecule has 0 N–H and O–H groups in total. The molecule has 2 aliphatic carbocycles. The van der Waals surface area contributed by atoms with Gasteiger partial charge in [-0.25, -0.2) is 4.98 Å². The Morgan fingerprint density at radius 2 is 1.65 bits per heavy atom. The van der Waals surface area contributed by atoms with Crippen LogP contribution in [0, 0.1) is 5.41 Å². The average molecular weight is 313 g/mol. The minimum absolute atomic E-state index is 0.288. The van der Waals surface area contributed by atoms with E-state index < -0.39 is 0 Å². The second kappa shape index (κ2) is 6.75. The third kappa shape index (κ3) is 3.84. The van der Waals surface area contributed by atoms with Gasteiger partial charge >= 0.3 is 0 Å². The SMILES string of the molecule is CC(C)(C)CCCCc1c2c(nc3c1CCCC3=O)CCCC2. The van der Waals surface area contributed by atoms with Gasteiger partial charge in [0.05, 0.1) is 0 Å². The van der Waals surface area contributed by atoms with Crippen LogP contribution in [0.25, 0.3) is 0 Å². The van der Waals surface area contributed by atoms with Crippen molar-refractivity contribution < 1.29 is 4.79 Å². The van der Waals surface area contributed by atoms with Crippen LogP contribution < -0.4 is 0 Å². The maximum Gasteiger partial charge on any atom is 0.181 e. The van der Waals surface area contributed by atoms with E-state index in [0.29, 0.717) is 11.8 Å². The Hall–Kier alpha value is -1.18. The number of Topliss-reactive ketones (excluding diaryl/α,β-unsaturated/α-hetero) is 1. The Morgan fingerprint density at radius 1 is 0.913 bits per heavy atom. The predicted octanol–water partition coefficient (Wildman–Crippen LogP) is 5.24. The molecule has 2 nitrogen and oxygen atoms in total. The van der Waals surface area contributed by atoms with Crippen LogP contribution in [0.4, 0.5) is 0 Å². The van der Waals surface area contributed by atoms with Crippen molar-refractivity contribution in [1.29, 1.82) is 0 Å². The van der Waals surface area contributed by atoms with Crippen molar-refractivity contribution in [2.24, 2.45) is 5.41 Å². The van der Waals surface area contributed by atoms with Crippen LogP contribution in [0.2, 0.25) is 0 Å². The molecule has 0 radical (unpaired) electrons. The molecule has 0 bridgehead atoms. The number of nitrogens with zero attached hydrogens (tertiary/aromatic N) is 1. The van der Waals surface area contributed by atoms with Gasteiger partial charge in [0, 0.05) is 12.1 Å². The number of fused-ring (bicyclic) bond motifs is 2. The topological polar surface area (TPSA) is 30.0 Å². The van der Waals surface area contributed by atoms with E-state index in [2.05, 4.69) is 20.8 Å². The summed E-state index contributed by atoms with van der Waals surface area (Å²) in [6, 6.07) is 0. The van der Waals surface area contributed by atoms with E-state index in [1.807, 2.05) is 0 Å². The zero-order valence-corrected chi connectivity index (χ0v) is 15.1. The molecule has 1 aromatic rings. The normalized spacial score (nSPS) is 17.8. The van der Waals surface area contributed by atoms with Gasteiger partial charge in [-0.1, -0.05) is 27.2 Å². The number of hydrogen-bond acceptors (Lipinski definition) is 2. The number of aryl methyl sites for hydroxylation is 1. The number of carbonyl (C=O) groups excluding carboxylic acids is 1. The quantitative estimate of drug-likeness (QED) is 0.712. The largest absolute Gasteiger partial charge is 0.292 e. The molecular formula is C21H31NO. The highest BCUT2D eigenvalue weighted by atomic mass is 16.1. The highest BCUT2D eigenvalue weighted by molar-refractivity contribution is 5.97. The first-order valence-corrected chi connectivity index (χ1v) is 9.52. The minimum Gasteiger partial charge on any atom is -0.292 e. The number of ketones is 1. The number of rotatable bonds is 4. The van der Waals surface area contributed by atoms with Crippen molar-refractivity contribution in [3.8, 4) is 0 Å². The molecule has 2 aliphatic rings. The predicted molar refractivity (Wildman–Crippen MR) is 95.2 cm³/mol. The molecule has 0 amide bonds. The standard InChI is InChI=1S/C21H31NO/c1-21(2,3)14-7-6-9-15-16-10-4-5-12-18(16)22-20-17(15)11-8-13-19(20)23/h4-14H2,1-3H3. The Kier molecular flexibility index (Phi) is 4.89. The zero-order valence-electron chi connectivity index (χ0n) is 15.1. The molecule has 3 rings (SSSR count). The molecule has 0 saturated heterocycles. The average Bonchev–Trinajstić information content (AvgIpc) is 2.50. The molecule has 0 spiro atoms. The molecule has 0 aromatic carbocycles. The summed E-state index contributed by atoms with van der Waals surface area (Å²) in [5, 5.41) is 0. The fourth-order valence-electron chi connectivity index (χ4n) is 4.17. The molecule has 0 fully saturated rings. The van der Waals surface area contributed by atoms with E-state index in [1.54, 1.807) is 0 Å². The van der Waals surface area contributed by atoms with Crippen LogP contribution in [-0.4, -0.2) is 10.8 Å². The zero-order chi connectivity index (χ0) is 16.4. The summed E-state index contributed by atoms with van der Waals surface area (Å²) in [6.45, 7) is 6.96. The Balaban J connectivity index is 1.85. The number of carbonyl (C=O) groups is 1. The Labute approximate surface area is 141 Å². The van der Waals surface area contributed by atoms with E-state index in [1.165, 1.54) is 60.9 Å². The van der Waals surface area contributed by atoms with E-state index in [0.717, 1.165) is 31.4 Å². The smallest absolute Gasteiger partial charge is 0.181 e. The lowest BCUT2D eigenvalue weighted by molar-refractivity contribution is 0.0966. The molecular weight excluding hydrogens is 282 g/mol. The molecule has 1 aromatic heterocycles. The lowest BCUT2D eigenvalue weighted by Gasteiger charge is -2.26.